The zero-order valence-electron chi connectivity index (χ0n) is 11.4. The molecule has 0 atom stereocenters. The molecule has 20 heavy (non-hydrogen) atoms. The van der Waals surface area contributed by atoms with Crippen molar-refractivity contribution in [3.63, 3.8) is 0 Å². The second-order valence-electron chi connectivity index (χ2n) is 4.55. The van der Waals surface area contributed by atoms with Gasteiger partial charge >= 0.3 is 0 Å². The maximum atomic E-state index is 13.6. The second kappa shape index (κ2) is 6.17. The Morgan fingerprint density at radius 2 is 2.05 bits per heavy atom. The first kappa shape index (κ1) is 14.7. The molecule has 0 saturated heterocycles. The number of aryl methyl sites for hydroxylation is 2. The molecule has 1 aromatic heterocycles. The first-order valence-electron chi connectivity index (χ1n) is 6.35. The average molecular weight is 339 g/mol. The minimum absolute atomic E-state index is 0.325. The van der Waals surface area contributed by atoms with Crippen molar-refractivity contribution in [2.24, 2.45) is 0 Å². The Hall–Kier alpha value is -1.69. The van der Waals surface area contributed by atoms with Crippen LogP contribution in [0.2, 0.25) is 0 Å². The lowest BCUT2D eigenvalue weighted by atomic mass is 10.2. The summed E-state index contributed by atoms with van der Waals surface area (Å²) in [4.78, 5) is 8.54. The first-order valence-corrected chi connectivity index (χ1v) is 7.15. The Bertz CT molecular complexity index is 631. The lowest BCUT2D eigenvalue weighted by molar-refractivity contribution is 0.621. The van der Waals surface area contributed by atoms with E-state index in [1.165, 1.54) is 6.07 Å². The molecule has 0 bridgehead atoms. The highest BCUT2D eigenvalue weighted by Crippen LogP contribution is 2.26. The van der Waals surface area contributed by atoms with Crippen molar-refractivity contribution in [3.05, 3.63) is 39.9 Å². The van der Waals surface area contributed by atoms with Crippen molar-refractivity contribution >= 4 is 33.3 Å². The molecule has 0 unspecified atom stereocenters. The molecule has 1 heterocycles. The van der Waals surface area contributed by atoms with Gasteiger partial charge in [0.15, 0.2) is 0 Å². The van der Waals surface area contributed by atoms with Gasteiger partial charge < -0.3 is 11.1 Å². The molecule has 0 aliphatic heterocycles. The minimum atomic E-state index is -0.325. The monoisotopic (exact) mass is 338 g/mol. The summed E-state index contributed by atoms with van der Waals surface area (Å²) in [5, 5.41) is 3.09. The maximum absolute atomic E-state index is 13.6. The van der Waals surface area contributed by atoms with Crippen LogP contribution in [0.15, 0.2) is 22.7 Å². The van der Waals surface area contributed by atoms with Gasteiger partial charge in [0.1, 0.15) is 23.3 Å². The number of aromatic nitrogens is 2. The van der Waals surface area contributed by atoms with Crippen LogP contribution in [0.25, 0.3) is 0 Å². The van der Waals surface area contributed by atoms with Gasteiger partial charge in [-0.25, -0.2) is 14.4 Å². The first-order chi connectivity index (χ1) is 9.49. The fourth-order valence-electron chi connectivity index (χ4n) is 1.84. The number of nitrogen functional groups attached to an aromatic ring is 1. The van der Waals surface area contributed by atoms with E-state index in [1.807, 2.05) is 13.8 Å². The molecule has 0 spiro atoms. The summed E-state index contributed by atoms with van der Waals surface area (Å²) in [5.74, 6) is 1.34. The standard InChI is InChI=1S/C14H16BrFN4/c1-3-4-13-19-12(17)7-14(20-13)18-11-6-10(16)9(15)5-8(11)2/h5-7H,3-4H2,1-2H3,(H3,17,18,19,20). The number of hydrogen-bond donors (Lipinski definition) is 2. The summed E-state index contributed by atoms with van der Waals surface area (Å²) in [6.07, 6.45) is 1.70. The highest BCUT2D eigenvalue weighted by Gasteiger charge is 2.08. The summed E-state index contributed by atoms with van der Waals surface area (Å²) in [7, 11) is 0. The number of nitrogens with one attached hydrogen (secondary N) is 1. The smallest absolute Gasteiger partial charge is 0.139 e. The SMILES string of the molecule is CCCc1nc(N)cc(Nc2cc(F)c(Br)cc2C)n1. The van der Waals surface area contributed by atoms with Gasteiger partial charge in [0.2, 0.25) is 0 Å². The Balaban J connectivity index is 2.32. The molecule has 0 aliphatic carbocycles. The lowest BCUT2D eigenvalue weighted by Gasteiger charge is -2.11. The van der Waals surface area contributed by atoms with Gasteiger partial charge in [-0.3, -0.25) is 0 Å². The van der Waals surface area contributed by atoms with E-state index in [9.17, 15) is 4.39 Å². The summed E-state index contributed by atoms with van der Waals surface area (Å²) < 4.78 is 14.0. The third-order valence-electron chi connectivity index (χ3n) is 2.80. The van der Waals surface area contributed by atoms with Crippen LogP contribution in [-0.4, -0.2) is 9.97 Å². The molecule has 0 amide bonds. The molecular formula is C14H16BrFN4. The zero-order chi connectivity index (χ0) is 14.7. The average Bonchev–Trinajstić information content (AvgIpc) is 2.35. The largest absolute Gasteiger partial charge is 0.384 e. The van der Waals surface area contributed by atoms with Crippen LogP contribution in [0.4, 0.5) is 21.7 Å². The number of hydrogen-bond acceptors (Lipinski definition) is 4. The van der Waals surface area contributed by atoms with Gasteiger partial charge in [0, 0.05) is 18.2 Å². The summed E-state index contributed by atoms with van der Waals surface area (Å²) >= 11 is 3.16. The quantitative estimate of drug-likeness (QED) is 0.885. The topological polar surface area (TPSA) is 63.8 Å². The highest BCUT2D eigenvalue weighted by molar-refractivity contribution is 9.10. The molecule has 0 saturated carbocycles. The van der Waals surface area contributed by atoms with E-state index in [0.717, 1.165) is 18.4 Å². The van der Waals surface area contributed by atoms with Crippen molar-refractivity contribution in [1.29, 1.82) is 0 Å². The van der Waals surface area contributed by atoms with Gasteiger partial charge in [-0.2, -0.15) is 0 Å². The summed E-state index contributed by atoms with van der Waals surface area (Å²) in [6, 6.07) is 4.78. The molecular weight excluding hydrogens is 323 g/mol. The molecule has 0 fully saturated rings. The summed E-state index contributed by atoms with van der Waals surface area (Å²) in [6.45, 7) is 3.94. The molecule has 2 aromatic rings. The molecule has 0 aliphatic rings. The van der Waals surface area contributed by atoms with Crippen molar-refractivity contribution in [2.45, 2.75) is 26.7 Å². The fraction of sp³-hybridized carbons (Fsp3) is 0.286. The molecule has 106 valence electrons. The van der Waals surface area contributed by atoms with Crippen LogP contribution in [0.5, 0.6) is 0 Å². The van der Waals surface area contributed by atoms with E-state index in [1.54, 1.807) is 12.1 Å². The molecule has 0 radical (unpaired) electrons. The maximum Gasteiger partial charge on any atom is 0.139 e. The Kier molecular flexibility index (Phi) is 4.54. The minimum Gasteiger partial charge on any atom is -0.384 e. The number of nitrogens with two attached hydrogens (primary N) is 1. The van der Waals surface area contributed by atoms with Crippen molar-refractivity contribution in [2.75, 3.05) is 11.1 Å². The third kappa shape index (κ3) is 3.45. The molecule has 1 aromatic carbocycles. The van der Waals surface area contributed by atoms with E-state index in [0.29, 0.717) is 27.6 Å². The van der Waals surface area contributed by atoms with E-state index in [-0.39, 0.29) is 5.82 Å². The molecule has 2 rings (SSSR count). The predicted octanol–water partition coefficient (Wildman–Crippen LogP) is 3.96. The Labute approximate surface area is 125 Å². The van der Waals surface area contributed by atoms with Crippen LogP contribution >= 0.6 is 15.9 Å². The number of anilines is 3. The van der Waals surface area contributed by atoms with E-state index in [2.05, 4.69) is 31.2 Å². The lowest BCUT2D eigenvalue weighted by Crippen LogP contribution is -2.04. The third-order valence-corrected chi connectivity index (χ3v) is 3.40. The Morgan fingerprint density at radius 1 is 1.30 bits per heavy atom. The van der Waals surface area contributed by atoms with Crippen molar-refractivity contribution in [1.82, 2.24) is 9.97 Å². The number of benzene rings is 1. The van der Waals surface area contributed by atoms with Crippen LogP contribution in [0, 0.1) is 12.7 Å². The van der Waals surface area contributed by atoms with E-state index >= 15 is 0 Å². The zero-order valence-corrected chi connectivity index (χ0v) is 13.0. The van der Waals surface area contributed by atoms with Crippen LogP contribution in [-0.2, 0) is 6.42 Å². The van der Waals surface area contributed by atoms with Crippen molar-refractivity contribution < 1.29 is 4.39 Å². The number of nitrogens with zero attached hydrogens (tertiary/aromatic N) is 2. The van der Waals surface area contributed by atoms with Gasteiger partial charge in [-0.05, 0) is 47.0 Å². The number of halogens is 2. The van der Waals surface area contributed by atoms with Crippen LogP contribution in [0.1, 0.15) is 24.7 Å². The second-order valence-corrected chi connectivity index (χ2v) is 5.40. The van der Waals surface area contributed by atoms with Gasteiger partial charge in [0.05, 0.1) is 4.47 Å². The van der Waals surface area contributed by atoms with Crippen LogP contribution < -0.4 is 11.1 Å². The molecule has 6 heteroatoms. The van der Waals surface area contributed by atoms with Gasteiger partial charge in [-0.1, -0.05) is 6.92 Å². The predicted molar refractivity (Wildman–Crippen MR) is 82.6 cm³/mol. The molecule has 4 nitrogen and oxygen atoms in total. The van der Waals surface area contributed by atoms with Crippen molar-refractivity contribution in [3.8, 4) is 0 Å². The summed E-state index contributed by atoms with van der Waals surface area (Å²) in [5.41, 5.74) is 7.33. The Morgan fingerprint density at radius 3 is 2.75 bits per heavy atom. The normalized spacial score (nSPS) is 10.6. The van der Waals surface area contributed by atoms with Crippen LogP contribution in [0.3, 0.4) is 0 Å². The van der Waals surface area contributed by atoms with E-state index in [4.69, 9.17) is 5.73 Å². The van der Waals surface area contributed by atoms with Gasteiger partial charge in [0.25, 0.3) is 0 Å². The fourth-order valence-corrected chi connectivity index (χ4v) is 2.29. The van der Waals surface area contributed by atoms with E-state index < -0.39 is 0 Å². The number of rotatable bonds is 4. The molecule has 3 N–H and O–H groups in total. The highest BCUT2D eigenvalue weighted by atomic mass is 79.9. The van der Waals surface area contributed by atoms with Gasteiger partial charge in [-0.15, -0.1) is 0 Å².